The quantitative estimate of drug-likeness (QED) is 0.330. The molecule has 2 aliphatic carbocycles. The number of nitrogens with one attached hydrogen (secondary N) is 1. The maximum absolute atomic E-state index is 10.8. The molecule has 4 N–H and O–H groups in total. The number of hydrogen-bond acceptors (Lipinski definition) is 4. The number of hydrogen-bond donors (Lipinski definition) is 4. The largest absolute Gasteiger partial charge is 0.395 e. The van der Waals surface area contributed by atoms with Crippen LogP contribution in [0.5, 0.6) is 0 Å². The van der Waals surface area contributed by atoms with Gasteiger partial charge in [-0.1, -0.05) is 0 Å². The number of carbonyl (C=O) groups excluding carboxylic acids is 1. The molecule has 0 saturated carbocycles. The highest BCUT2D eigenvalue weighted by Crippen LogP contribution is 2.47. The van der Waals surface area contributed by atoms with E-state index in [4.69, 9.17) is 7.85 Å². The highest BCUT2D eigenvalue weighted by molar-refractivity contribution is 6.15. The van der Waals surface area contributed by atoms with Gasteiger partial charge in [-0.15, -0.1) is 0 Å². The van der Waals surface area contributed by atoms with Crippen LogP contribution in [0, 0.1) is 0 Å². The molecule has 1 atom stereocenters. The number of anilines is 1. The van der Waals surface area contributed by atoms with E-state index in [9.17, 15) is 20.1 Å². The second kappa shape index (κ2) is 3.82. The summed E-state index contributed by atoms with van der Waals surface area (Å²) in [5, 5.41) is 32.7. The van der Waals surface area contributed by atoms with Gasteiger partial charge in [0.2, 0.25) is 6.41 Å². The van der Waals surface area contributed by atoms with Crippen molar-refractivity contribution in [2.45, 2.75) is 37.0 Å². The number of aliphatic hydroxyl groups is 3. The lowest BCUT2D eigenvalue weighted by Gasteiger charge is -2.23. The van der Waals surface area contributed by atoms with Gasteiger partial charge in [-0.05, 0) is 42.0 Å². The van der Waals surface area contributed by atoms with Gasteiger partial charge in [0.15, 0.2) is 5.79 Å². The summed E-state index contributed by atoms with van der Waals surface area (Å²) in [6.07, 6.45) is 2.09. The lowest BCUT2D eigenvalue weighted by atomic mass is 9.76. The van der Waals surface area contributed by atoms with Crippen LogP contribution >= 0.6 is 0 Å². The molecule has 0 saturated heterocycles. The van der Waals surface area contributed by atoms with E-state index in [1.165, 1.54) is 0 Å². The van der Waals surface area contributed by atoms with Crippen molar-refractivity contribution in [1.82, 2.24) is 0 Å². The van der Waals surface area contributed by atoms with Gasteiger partial charge in [0.25, 0.3) is 0 Å². The Hall–Kier alpha value is -1.37. The van der Waals surface area contributed by atoms with E-state index in [1.807, 2.05) is 0 Å². The van der Waals surface area contributed by atoms with Gasteiger partial charge in [-0.2, -0.15) is 0 Å². The standard InChI is InChI=1S/C13H14BNO4/c14-12(17)3-1-7-9(12)5-10-8(11(7)15-6-16)2-4-13(10,18)19/h5-6,17-19H,1-4H2,(H,15,16). The van der Waals surface area contributed by atoms with Crippen LogP contribution in [0.15, 0.2) is 6.07 Å². The van der Waals surface area contributed by atoms with Crippen molar-refractivity contribution >= 4 is 19.9 Å². The minimum absolute atomic E-state index is 0.168. The van der Waals surface area contributed by atoms with Gasteiger partial charge in [0.05, 0.1) is 0 Å². The van der Waals surface area contributed by atoms with E-state index in [1.54, 1.807) is 6.07 Å². The molecule has 0 fully saturated rings. The smallest absolute Gasteiger partial charge is 0.211 e. The van der Waals surface area contributed by atoms with Crippen LogP contribution in [-0.4, -0.2) is 29.6 Å². The second-order valence-electron chi connectivity index (χ2n) is 5.31. The first kappa shape index (κ1) is 12.7. The molecular weight excluding hydrogens is 245 g/mol. The minimum atomic E-state index is -1.93. The molecule has 6 heteroatoms. The fourth-order valence-electron chi connectivity index (χ4n) is 3.15. The van der Waals surface area contributed by atoms with Crippen LogP contribution in [-0.2, 0) is 28.9 Å². The topological polar surface area (TPSA) is 89.8 Å². The molecule has 5 nitrogen and oxygen atoms in total. The van der Waals surface area contributed by atoms with Gasteiger partial charge < -0.3 is 20.6 Å². The lowest BCUT2D eigenvalue weighted by molar-refractivity contribution is -0.166. The van der Waals surface area contributed by atoms with Crippen LogP contribution < -0.4 is 5.32 Å². The van der Waals surface area contributed by atoms with Crippen LogP contribution in [0.2, 0.25) is 0 Å². The Kier molecular flexibility index (Phi) is 2.54. The summed E-state index contributed by atoms with van der Waals surface area (Å²) in [7, 11) is 5.81. The predicted molar refractivity (Wildman–Crippen MR) is 68.5 cm³/mol. The third-order valence-electron chi connectivity index (χ3n) is 4.12. The van der Waals surface area contributed by atoms with Gasteiger partial charge in [0, 0.05) is 23.2 Å². The molecule has 2 radical (unpaired) electrons. The summed E-state index contributed by atoms with van der Waals surface area (Å²) in [5.41, 5.74) is 1.37. The van der Waals surface area contributed by atoms with Crippen LogP contribution in [0.25, 0.3) is 0 Å². The van der Waals surface area contributed by atoms with E-state index in [-0.39, 0.29) is 6.42 Å². The van der Waals surface area contributed by atoms with Crippen LogP contribution in [0.3, 0.4) is 0 Å². The molecule has 1 amide bonds. The van der Waals surface area contributed by atoms with Gasteiger partial charge >= 0.3 is 0 Å². The first-order chi connectivity index (χ1) is 8.87. The Balaban J connectivity index is 2.28. The summed E-state index contributed by atoms with van der Waals surface area (Å²) in [4.78, 5) is 10.8. The van der Waals surface area contributed by atoms with Crippen molar-refractivity contribution in [3.8, 4) is 0 Å². The Morgan fingerprint density at radius 1 is 1.16 bits per heavy atom. The second-order valence-corrected chi connectivity index (χ2v) is 5.31. The highest BCUT2D eigenvalue weighted by atomic mass is 16.5. The zero-order chi connectivity index (χ0) is 13.8. The van der Waals surface area contributed by atoms with Gasteiger partial charge in [-0.25, -0.2) is 0 Å². The lowest BCUT2D eigenvalue weighted by Crippen LogP contribution is -2.25. The summed E-state index contributed by atoms with van der Waals surface area (Å²) in [6.45, 7) is 0. The molecule has 19 heavy (non-hydrogen) atoms. The molecule has 0 heterocycles. The van der Waals surface area contributed by atoms with Crippen molar-refractivity contribution in [3.05, 3.63) is 28.3 Å². The molecule has 1 unspecified atom stereocenters. The average Bonchev–Trinajstić information content (AvgIpc) is 2.79. The first-order valence-electron chi connectivity index (χ1n) is 6.23. The third kappa shape index (κ3) is 1.71. The van der Waals surface area contributed by atoms with E-state index < -0.39 is 11.3 Å². The molecular formula is C13H14BNO4. The SMILES string of the molecule is [B]C1(O)CCc2c1cc1c(c2NC=O)CCC1(O)O. The zero-order valence-corrected chi connectivity index (χ0v) is 10.3. The molecule has 0 spiro atoms. The van der Waals surface area contributed by atoms with Crippen LogP contribution in [0.4, 0.5) is 5.69 Å². The van der Waals surface area contributed by atoms with Crippen LogP contribution in [0.1, 0.15) is 35.1 Å². The first-order valence-corrected chi connectivity index (χ1v) is 6.23. The predicted octanol–water partition coefficient (Wildman–Crippen LogP) is -0.402. The minimum Gasteiger partial charge on any atom is -0.395 e. The van der Waals surface area contributed by atoms with E-state index >= 15 is 0 Å². The Morgan fingerprint density at radius 3 is 2.47 bits per heavy atom. The third-order valence-corrected chi connectivity index (χ3v) is 4.12. The fourth-order valence-corrected chi connectivity index (χ4v) is 3.15. The monoisotopic (exact) mass is 259 g/mol. The molecule has 0 aromatic heterocycles. The normalized spacial score (nSPS) is 26.9. The van der Waals surface area contributed by atoms with Gasteiger partial charge in [-0.3, -0.25) is 4.79 Å². The van der Waals surface area contributed by atoms with Crippen molar-refractivity contribution in [2.75, 3.05) is 5.32 Å². The summed E-state index contributed by atoms with van der Waals surface area (Å²) < 4.78 is 0. The molecule has 0 bridgehead atoms. The Bertz CT molecular complexity index is 526. The molecule has 0 aliphatic heterocycles. The fraction of sp³-hybridized carbons (Fsp3) is 0.462. The maximum atomic E-state index is 10.8. The van der Waals surface area contributed by atoms with Crippen molar-refractivity contribution in [1.29, 1.82) is 0 Å². The average molecular weight is 259 g/mol. The summed E-state index contributed by atoms with van der Waals surface area (Å²) in [5.74, 6) is -1.93. The maximum Gasteiger partial charge on any atom is 0.211 e. The molecule has 3 rings (SSSR count). The zero-order valence-electron chi connectivity index (χ0n) is 10.3. The molecule has 98 valence electrons. The number of carbonyl (C=O) groups is 1. The highest BCUT2D eigenvalue weighted by Gasteiger charge is 2.42. The number of rotatable bonds is 2. The summed E-state index contributed by atoms with van der Waals surface area (Å²) >= 11 is 0. The van der Waals surface area contributed by atoms with Crippen molar-refractivity contribution in [2.24, 2.45) is 0 Å². The van der Waals surface area contributed by atoms with Crippen molar-refractivity contribution in [3.63, 3.8) is 0 Å². The number of fused-ring (bicyclic) bond motifs is 2. The van der Waals surface area contributed by atoms with E-state index in [0.29, 0.717) is 48.1 Å². The van der Waals surface area contributed by atoms with E-state index in [0.717, 1.165) is 5.56 Å². The van der Waals surface area contributed by atoms with E-state index in [2.05, 4.69) is 5.32 Å². The molecule has 1 aromatic rings. The number of amides is 1. The Labute approximate surface area is 111 Å². The Morgan fingerprint density at radius 2 is 1.79 bits per heavy atom. The van der Waals surface area contributed by atoms with Gasteiger partial charge in [0.1, 0.15) is 7.85 Å². The molecule has 2 aliphatic rings. The summed E-state index contributed by atoms with van der Waals surface area (Å²) in [6, 6.07) is 1.56. The van der Waals surface area contributed by atoms with Crippen molar-refractivity contribution < 1.29 is 20.1 Å². The number of benzene rings is 1. The molecule has 1 aromatic carbocycles.